The molecular weight excluding hydrogens is 151 g/mol. The molecule has 0 saturated carbocycles. The Kier molecular flexibility index (Phi) is 5.02. The van der Waals surface area contributed by atoms with Gasteiger partial charge in [-0.1, -0.05) is 0 Å². The van der Waals surface area contributed by atoms with Crippen molar-refractivity contribution in [1.29, 1.82) is 0 Å². The molecule has 0 fully saturated rings. The van der Waals surface area contributed by atoms with Gasteiger partial charge in [-0.3, -0.25) is 0 Å². The summed E-state index contributed by atoms with van der Waals surface area (Å²) < 4.78 is 0. The summed E-state index contributed by atoms with van der Waals surface area (Å²) in [4.78, 5) is 0.965. The van der Waals surface area contributed by atoms with Crippen molar-refractivity contribution < 1.29 is 0 Å². The number of hydrogen-bond acceptors (Lipinski definition) is 0. The molecule has 0 heterocycles. The van der Waals surface area contributed by atoms with Gasteiger partial charge in [0.1, 0.15) is 0 Å². The molecule has 0 amide bonds. The first-order valence-electron chi connectivity index (χ1n) is 2.89. The van der Waals surface area contributed by atoms with Gasteiger partial charge in [0, 0.05) is 0 Å². The van der Waals surface area contributed by atoms with Crippen LogP contribution >= 0.6 is 0 Å². The second kappa shape index (κ2) is 4.67. The Balaban J connectivity index is 2.68. The van der Waals surface area contributed by atoms with Gasteiger partial charge in [0.15, 0.2) is 0 Å². The van der Waals surface area contributed by atoms with Gasteiger partial charge in [0.25, 0.3) is 0 Å². The molecule has 0 atom stereocenters. The molecule has 0 rings (SSSR count). The van der Waals surface area contributed by atoms with Crippen LogP contribution in [-0.2, 0) is 0 Å². The third kappa shape index (κ3) is 6.52. The summed E-state index contributed by atoms with van der Waals surface area (Å²) in [6.45, 7) is 6.86. The van der Waals surface area contributed by atoms with Crippen molar-refractivity contribution in [3.05, 3.63) is 0 Å². The summed E-state index contributed by atoms with van der Waals surface area (Å²) in [6.07, 6.45) is 1.37. The molecule has 0 bridgehead atoms. The summed E-state index contributed by atoms with van der Waals surface area (Å²) in [5.74, 6) is 0. The Morgan fingerprint density at radius 3 is 2.14 bits per heavy atom. The van der Waals surface area contributed by atoms with E-state index < -0.39 is 0 Å². The zero-order valence-corrected chi connectivity index (χ0v) is 7.11. The monoisotopic (exact) mass is 166 g/mol. The van der Waals surface area contributed by atoms with Crippen LogP contribution in [0.1, 0.15) is 27.2 Å². The van der Waals surface area contributed by atoms with Crippen molar-refractivity contribution in [3.8, 4) is 0 Å². The zero-order chi connectivity index (χ0) is 5.70. The van der Waals surface area contributed by atoms with Crippen molar-refractivity contribution in [2.45, 2.75) is 37.3 Å². The van der Waals surface area contributed by atoms with Crippen LogP contribution in [0.5, 0.6) is 0 Å². The predicted molar refractivity (Wildman–Crippen MR) is 35.9 cm³/mol. The van der Waals surface area contributed by atoms with Crippen LogP contribution in [0.3, 0.4) is 0 Å². The predicted octanol–water partition coefficient (Wildman–Crippen LogP) is 2.35. The first-order valence-corrected chi connectivity index (χ1v) is 5.09. The van der Waals surface area contributed by atoms with E-state index in [0.717, 1.165) is 19.8 Å². The molecule has 1 heteroatoms. The van der Waals surface area contributed by atoms with Crippen LogP contribution in [0.2, 0.25) is 10.1 Å². The van der Waals surface area contributed by atoms with Crippen LogP contribution in [0.25, 0.3) is 0 Å². The number of rotatable bonds is 3. The van der Waals surface area contributed by atoms with Crippen LogP contribution < -0.4 is 0 Å². The van der Waals surface area contributed by atoms with Gasteiger partial charge in [0.2, 0.25) is 0 Å². The average Bonchev–Trinajstić information content (AvgIpc) is 1.61. The molecule has 7 heavy (non-hydrogen) atoms. The van der Waals surface area contributed by atoms with Crippen LogP contribution in [0.15, 0.2) is 0 Å². The Morgan fingerprint density at radius 1 is 1.43 bits per heavy atom. The maximum atomic E-state index is 2.30. The van der Waals surface area contributed by atoms with E-state index in [0.29, 0.717) is 0 Å². The molecule has 44 valence electrons. The van der Waals surface area contributed by atoms with Crippen molar-refractivity contribution in [1.82, 2.24) is 0 Å². The van der Waals surface area contributed by atoms with Gasteiger partial charge in [-0.05, 0) is 0 Å². The molecule has 0 radical (unpaired) electrons. The van der Waals surface area contributed by atoms with Crippen LogP contribution in [0.4, 0.5) is 0 Å². The molecular formula is C6H14Se. The second-order valence-electron chi connectivity index (χ2n) is 1.92. The third-order valence-corrected chi connectivity index (χ3v) is 3.41. The molecule has 0 spiro atoms. The van der Waals surface area contributed by atoms with Gasteiger partial charge in [-0.15, -0.1) is 0 Å². The first-order chi connectivity index (χ1) is 3.27. The Morgan fingerprint density at radius 2 is 2.00 bits per heavy atom. The molecule has 0 aromatic rings. The molecule has 0 aliphatic rings. The molecule has 0 aromatic heterocycles. The van der Waals surface area contributed by atoms with Gasteiger partial charge in [0.05, 0.1) is 0 Å². The fourth-order valence-electron chi connectivity index (χ4n) is 0.354. The van der Waals surface area contributed by atoms with Crippen molar-refractivity contribution >= 4 is 15.0 Å². The molecule has 0 aromatic carbocycles. The second-order valence-corrected chi connectivity index (χ2v) is 5.45. The van der Waals surface area contributed by atoms with E-state index in [4.69, 9.17) is 0 Å². The third-order valence-electron chi connectivity index (χ3n) is 0.655. The summed E-state index contributed by atoms with van der Waals surface area (Å²) in [5.41, 5.74) is 0. The molecule has 0 N–H and O–H groups in total. The van der Waals surface area contributed by atoms with Gasteiger partial charge >= 0.3 is 52.3 Å². The van der Waals surface area contributed by atoms with E-state index in [1.54, 1.807) is 0 Å². The average molecular weight is 165 g/mol. The van der Waals surface area contributed by atoms with E-state index >= 15 is 0 Å². The van der Waals surface area contributed by atoms with E-state index in [9.17, 15) is 0 Å². The van der Waals surface area contributed by atoms with Crippen LogP contribution in [-0.4, -0.2) is 15.0 Å². The standard InChI is InChI=1S/C6H14Se/c1-4-5-7-6(2)3/h6H,4-5H2,1-3H3. The Labute approximate surface area is 52.8 Å². The van der Waals surface area contributed by atoms with E-state index in [1.807, 2.05) is 0 Å². The molecule has 0 aliphatic carbocycles. The zero-order valence-electron chi connectivity index (χ0n) is 5.40. The minimum absolute atomic E-state index is 0.925. The number of hydrogen-bond donors (Lipinski definition) is 0. The summed E-state index contributed by atoms with van der Waals surface area (Å²) in [7, 11) is 0. The van der Waals surface area contributed by atoms with E-state index in [1.165, 1.54) is 11.7 Å². The summed E-state index contributed by atoms with van der Waals surface area (Å²) in [6, 6.07) is 0. The van der Waals surface area contributed by atoms with Crippen molar-refractivity contribution in [3.63, 3.8) is 0 Å². The van der Waals surface area contributed by atoms with Crippen molar-refractivity contribution in [2.75, 3.05) is 0 Å². The fourth-order valence-corrected chi connectivity index (χ4v) is 1.84. The fraction of sp³-hybridized carbons (Fsp3) is 1.00. The molecule has 0 unspecified atom stereocenters. The Hall–Kier alpha value is 0.519. The van der Waals surface area contributed by atoms with Gasteiger partial charge in [-0.25, -0.2) is 0 Å². The normalized spacial score (nSPS) is 10.3. The van der Waals surface area contributed by atoms with Gasteiger partial charge in [-0.2, -0.15) is 0 Å². The van der Waals surface area contributed by atoms with Gasteiger partial charge < -0.3 is 0 Å². The van der Waals surface area contributed by atoms with E-state index in [2.05, 4.69) is 20.8 Å². The Bertz CT molecular complexity index is 33.2. The van der Waals surface area contributed by atoms with Crippen molar-refractivity contribution in [2.24, 2.45) is 0 Å². The first kappa shape index (κ1) is 7.52. The molecule has 0 aliphatic heterocycles. The summed E-state index contributed by atoms with van der Waals surface area (Å²) >= 11 is 0.925. The molecule has 0 saturated heterocycles. The minimum atomic E-state index is 0.925. The maximum absolute atomic E-state index is 2.30. The van der Waals surface area contributed by atoms with E-state index in [-0.39, 0.29) is 0 Å². The SMILES string of the molecule is CCC[Se]C(C)C. The van der Waals surface area contributed by atoms with Crippen LogP contribution in [0, 0.1) is 0 Å². The molecule has 0 nitrogen and oxygen atoms in total. The quantitative estimate of drug-likeness (QED) is 0.563. The topological polar surface area (TPSA) is 0 Å². The summed E-state index contributed by atoms with van der Waals surface area (Å²) in [5, 5.41) is 1.46.